The van der Waals surface area contributed by atoms with Crippen molar-refractivity contribution < 1.29 is 0 Å². The Balaban J connectivity index is 2.29. The first-order valence-corrected chi connectivity index (χ1v) is 9.10. The van der Waals surface area contributed by atoms with Crippen LogP contribution in [0, 0.1) is 0 Å². The smallest absolute Gasteiger partial charge is 0.0620 e. The minimum Gasteiger partial charge on any atom is -0.0620 e. The highest BCUT2D eigenvalue weighted by Gasteiger charge is 2.43. The first kappa shape index (κ1) is 14.1. The highest BCUT2D eigenvalue weighted by Crippen LogP contribution is 2.53. The standard InChI is InChI=1S/C19H18BP/c1-20-21(17-11-5-2-6-12-17,18-13-7-3-8-14-18)19-15-9-4-10-16-19/h2-16H,1H3/q+1. The van der Waals surface area contributed by atoms with E-state index < -0.39 is 7.14 Å². The van der Waals surface area contributed by atoms with Crippen LogP contribution in [-0.4, -0.2) is 7.00 Å². The fourth-order valence-electron chi connectivity index (χ4n) is 2.88. The van der Waals surface area contributed by atoms with E-state index in [4.69, 9.17) is 0 Å². The Morgan fingerprint density at radius 3 is 1.05 bits per heavy atom. The molecule has 0 fully saturated rings. The molecule has 0 unspecified atom stereocenters. The molecule has 0 amide bonds. The van der Waals surface area contributed by atoms with E-state index in [0.717, 1.165) is 0 Å². The average Bonchev–Trinajstić information content (AvgIpc) is 2.59. The van der Waals surface area contributed by atoms with Crippen LogP contribution in [0.1, 0.15) is 0 Å². The first-order valence-electron chi connectivity index (χ1n) is 7.24. The molecule has 0 atom stereocenters. The van der Waals surface area contributed by atoms with Crippen molar-refractivity contribution in [1.82, 2.24) is 0 Å². The Morgan fingerprint density at radius 2 is 0.810 bits per heavy atom. The normalized spacial score (nSPS) is 11.1. The number of rotatable bonds is 4. The zero-order valence-corrected chi connectivity index (χ0v) is 13.1. The van der Waals surface area contributed by atoms with Gasteiger partial charge in [-0.1, -0.05) is 54.6 Å². The molecule has 0 aliphatic rings. The largest absolute Gasteiger partial charge is 0.371 e. The quantitative estimate of drug-likeness (QED) is 0.508. The van der Waals surface area contributed by atoms with Gasteiger partial charge < -0.3 is 0 Å². The van der Waals surface area contributed by atoms with Crippen LogP contribution in [-0.2, 0) is 0 Å². The van der Waals surface area contributed by atoms with Crippen LogP contribution >= 0.6 is 7.14 Å². The molecule has 0 nitrogen and oxygen atoms in total. The van der Waals surface area contributed by atoms with Crippen molar-refractivity contribution in [3.8, 4) is 0 Å². The molecule has 0 aromatic heterocycles. The predicted octanol–water partition coefficient (Wildman–Crippen LogP) is 3.65. The van der Waals surface area contributed by atoms with Crippen molar-refractivity contribution >= 4 is 30.1 Å². The van der Waals surface area contributed by atoms with Gasteiger partial charge in [0.2, 0.25) is 0 Å². The molecule has 101 valence electrons. The van der Waals surface area contributed by atoms with Crippen LogP contribution in [0.2, 0.25) is 6.82 Å². The molecule has 0 spiro atoms. The third-order valence-corrected chi connectivity index (χ3v) is 7.99. The van der Waals surface area contributed by atoms with Gasteiger partial charge in [-0.2, -0.15) is 0 Å². The molecule has 0 saturated heterocycles. The highest BCUT2D eigenvalue weighted by atomic mass is 31.2. The molecule has 3 aromatic rings. The Labute approximate surface area is 128 Å². The summed E-state index contributed by atoms with van der Waals surface area (Å²) in [6.07, 6.45) is 0. The molecule has 21 heavy (non-hydrogen) atoms. The van der Waals surface area contributed by atoms with Crippen molar-refractivity contribution in [2.24, 2.45) is 0 Å². The van der Waals surface area contributed by atoms with Crippen molar-refractivity contribution in [3.63, 3.8) is 0 Å². The summed E-state index contributed by atoms with van der Waals surface area (Å²) in [6, 6.07) is 32.6. The molecular formula is C19H18BP+. The van der Waals surface area contributed by atoms with Gasteiger partial charge in [-0.25, -0.2) is 0 Å². The summed E-state index contributed by atoms with van der Waals surface area (Å²) < 4.78 is 0. The minimum absolute atomic E-state index is 1.41. The lowest BCUT2D eigenvalue weighted by molar-refractivity contribution is 1.73. The predicted molar refractivity (Wildman–Crippen MR) is 96.8 cm³/mol. The second kappa shape index (κ2) is 6.29. The van der Waals surface area contributed by atoms with Crippen LogP contribution in [0.25, 0.3) is 0 Å². The van der Waals surface area contributed by atoms with Gasteiger partial charge in [0.1, 0.15) is 0 Å². The second-order valence-corrected chi connectivity index (χ2v) is 8.50. The summed E-state index contributed by atoms with van der Waals surface area (Å²) in [5.74, 6) is 0. The molecule has 3 aromatic carbocycles. The molecule has 0 aliphatic carbocycles. The lowest BCUT2D eigenvalue weighted by Gasteiger charge is -2.26. The molecule has 0 aliphatic heterocycles. The van der Waals surface area contributed by atoms with Gasteiger partial charge in [-0.05, 0) is 43.2 Å². The van der Waals surface area contributed by atoms with Gasteiger partial charge in [0.05, 0.1) is 23.1 Å². The highest BCUT2D eigenvalue weighted by molar-refractivity contribution is 8.16. The minimum atomic E-state index is -1.66. The third kappa shape index (κ3) is 2.54. The molecule has 0 N–H and O–H groups in total. The summed E-state index contributed by atoms with van der Waals surface area (Å²) in [5, 5.41) is 4.22. The van der Waals surface area contributed by atoms with Gasteiger partial charge in [0.25, 0.3) is 0 Å². The lowest BCUT2D eigenvalue weighted by atomic mass is 10.2. The maximum absolute atomic E-state index is 2.41. The van der Waals surface area contributed by atoms with E-state index in [1.54, 1.807) is 0 Å². The Kier molecular flexibility index (Phi) is 4.22. The lowest BCUT2D eigenvalue weighted by Crippen LogP contribution is -2.33. The van der Waals surface area contributed by atoms with Crippen LogP contribution in [0.15, 0.2) is 91.0 Å². The van der Waals surface area contributed by atoms with E-state index in [1.807, 2.05) is 0 Å². The van der Waals surface area contributed by atoms with Crippen LogP contribution in [0.3, 0.4) is 0 Å². The van der Waals surface area contributed by atoms with E-state index in [-0.39, 0.29) is 0 Å². The molecule has 0 heterocycles. The first-order chi connectivity index (χ1) is 10.4. The van der Waals surface area contributed by atoms with Crippen LogP contribution in [0.4, 0.5) is 0 Å². The average molecular weight is 288 g/mol. The van der Waals surface area contributed by atoms with Crippen molar-refractivity contribution in [1.29, 1.82) is 0 Å². The van der Waals surface area contributed by atoms with Crippen molar-refractivity contribution in [3.05, 3.63) is 91.0 Å². The van der Waals surface area contributed by atoms with Gasteiger partial charge >= 0.3 is 7.00 Å². The van der Waals surface area contributed by atoms with E-state index in [1.165, 1.54) is 15.9 Å². The molecule has 0 saturated carbocycles. The monoisotopic (exact) mass is 288 g/mol. The summed E-state index contributed by atoms with van der Waals surface area (Å²) in [6.45, 7) is 4.60. The second-order valence-electron chi connectivity index (χ2n) is 4.99. The molecule has 3 rings (SSSR count). The van der Waals surface area contributed by atoms with E-state index >= 15 is 0 Å². The maximum Gasteiger partial charge on any atom is 0.371 e. The van der Waals surface area contributed by atoms with Gasteiger partial charge in [0.15, 0.2) is 0 Å². The van der Waals surface area contributed by atoms with E-state index in [0.29, 0.717) is 0 Å². The molecule has 0 bridgehead atoms. The molecule has 2 heteroatoms. The van der Waals surface area contributed by atoms with Crippen molar-refractivity contribution in [2.75, 3.05) is 0 Å². The summed E-state index contributed by atoms with van der Waals surface area (Å²) in [7, 11) is -1.66. The Hall–Kier alpha value is -1.85. The van der Waals surface area contributed by atoms with Crippen molar-refractivity contribution in [2.45, 2.75) is 6.82 Å². The van der Waals surface area contributed by atoms with Gasteiger partial charge in [-0.3, -0.25) is 0 Å². The third-order valence-electron chi connectivity index (χ3n) is 3.88. The summed E-state index contributed by atoms with van der Waals surface area (Å²) in [5.41, 5.74) is 0. The molecule has 1 radical (unpaired) electrons. The SMILES string of the molecule is C[B][P+](c1ccccc1)(c1ccccc1)c1ccccc1. The summed E-state index contributed by atoms with van der Waals surface area (Å²) in [4.78, 5) is 0. The Morgan fingerprint density at radius 1 is 0.524 bits per heavy atom. The zero-order valence-electron chi connectivity index (χ0n) is 12.2. The number of benzene rings is 3. The summed E-state index contributed by atoms with van der Waals surface area (Å²) >= 11 is 0. The fraction of sp³-hybridized carbons (Fsp3) is 0.0526. The zero-order chi connectivity index (χ0) is 14.5. The van der Waals surface area contributed by atoms with Gasteiger partial charge in [-0.15, -0.1) is 0 Å². The topological polar surface area (TPSA) is 0 Å². The van der Waals surface area contributed by atoms with E-state index in [2.05, 4.69) is 105 Å². The van der Waals surface area contributed by atoms with Gasteiger partial charge in [0, 0.05) is 0 Å². The van der Waals surface area contributed by atoms with Crippen LogP contribution in [0.5, 0.6) is 0 Å². The van der Waals surface area contributed by atoms with Crippen LogP contribution < -0.4 is 15.9 Å². The van der Waals surface area contributed by atoms with E-state index in [9.17, 15) is 0 Å². The number of hydrogen-bond acceptors (Lipinski definition) is 0. The number of hydrogen-bond donors (Lipinski definition) is 0. The fourth-order valence-corrected chi connectivity index (χ4v) is 6.60. The maximum atomic E-state index is 2.41. The Bertz CT molecular complexity index is 584. The molecular weight excluding hydrogens is 270 g/mol.